The first-order valence-electron chi connectivity index (χ1n) is 8.68. The highest BCUT2D eigenvalue weighted by atomic mass is 16.5. The Kier molecular flexibility index (Phi) is 6.87. The zero-order valence-corrected chi connectivity index (χ0v) is 16.7. The Morgan fingerprint density at radius 3 is 2.04 bits per heavy atom. The summed E-state index contributed by atoms with van der Waals surface area (Å²) in [6.07, 6.45) is -0.0364. The van der Waals surface area contributed by atoms with E-state index in [4.69, 9.17) is 14.2 Å². The summed E-state index contributed by atoms with van der Waals surface area (Å²) < 4.78 is 15.8. The highest BCUT2D eigenvalue weighted by molar-refractivity contribution is 5.86. The smallest absolute Gasteiger partial charge is 0.330 e. The zero-order valence-electron chi connectivity index (χ0n) is 16.7. The summed E-state index contributed by atoms with van der Waals surface area (Å²) in [5, 5.41) is 12.1. The van der Waals surface area contributed by atoms with Gasteiger partial charge < -0.3 is 24.6 Å². The Morgan fingerprint density at radius 1 is 0.964 bits per heavy atom. The number of carboxylic acid groups (broad SMARTS) is 1. The lowest BCUT2D eigenvalue weighted by molar-refractivity contribution is -0.142. The number of hydrogen-bond donors (Lipinski definition) is 2. The number of rotatable bonds is 8. The van der Waals surface area contributed by atoms with Crippen LogP contribution in [0.15, 0.2) is 30.3 Å². The van der Waals surface area contributed by atoms with E-state index in [1.54, 1.807) is 24.3 Å². The molecule has 1 atom stereocenters. The van der Waals surface area contributed by atoms with Crippen molar-refractivity contribution < 1.29 is 28.9 Å². The van der Waals surface area contributed by atoms with Gasteiger partial charge in [-0.05, 0) is 48.2 Å². The van der Waals surface area contributed by atoms with Gasteiger partial charge in [-0.3, -0.25) is 4.79 Å². The number of methoxy groups -OCH3 is 3. The number of ether oxygens (including phenoxy) is 3. The lowest BCUT2D eigenvalue weighted by Crippen LogP contribution is -2.34. The molecule has 2 aromatic carbocycles. The van der Waals surface area contributed by atoms with Gasteiger partial charge in [-0.25, -0.2) is 4.79 Å². The minimum atomic E-state index is -1.13. The van der Waals surface area contributed by atoms with Gasteiger partial charge in [-0.2, -0.15) is 0 Å². The minimum Gasteiger partial charge on any atom is -0.493 e. The Labute approximate surface area is 164 Å². The second kappa shape index (κ2) is 9.12. The molecule has 0 spiro atoms. The average Bonchev–Trinajstić information content (AvgIpc) is 2.67. The molecule has 0 radical (unpaired) electrons. The summed E-state index contributed by atoms with van der Waals surface area (Å²) in [5.74, 6) is -0.281. The monoisotopic (exact) mass is 387 g/mol. The van der Waals surface area contributed by atoms with Gasteiger partial charge in [0.2, 0.25) is 11.7 Å². The van der Waals surface area contributed by atoms with Crippen molar-refractivity contribution in [2.24, 2.45) is 0 Å². The van der Waals surface area contributed by atoms with Crippen molar-refractivity contribution in [1.82, 2.24) is 5.32 Å². The molecule has 2 N–H and O–H groups in total. The number of carbonyl (C=O) groups is 2. The lowest BCUT2D eigenvalue weighted by Gasteiger charge is -2.17. The topological polar surface area (TPSA) is 94.1 Å². The number of carbonyl (C=O) groups excluding carboxylic acids is 1. The highest BCUT2D eigenvalue weighted by Crippen LogP contribution is 2.38. The molecule has 1 unspecified atom stereocenters. The fourth-order valence-electron chi connectivity index (χ4n) is 2.87. The molecule has 7 nitrogen and oxygen atoms in total. The van der Waals surface area contributed by atoms with E-state index in [0.29, 0.717) is 28.4 Å². The van der Waals surface area contributed by atoms with Crippen LogP contribution in [0.5, 0.6) is 17.2 Å². The summed E-state index contributed by atoms with van der Waals surface area (Å²) in [6, 6.07) is 7.51. The van der Waals surface area contributed by atoms with Crippen LogP contribution in [-0.2, 0) is 16.0 Å². The predicted molar refractivity (Wildman–Crippen MR) is 104 cm³/mol. The Balaban J connectivity index is 2.23. The van der Waals surface area contributed by atoms with E-state index < -0.39 is 17.9 Å². The maximum Gasteiger partial charge on any atom is 0.330 e. The standard InChI is InChI=1S/C21H25NO6/c1-12-6-7-15(8-13(12)2)19(21(24)25)22-18(23)11-14-9-16(26-3)20(28-5)17(10-14)27-4/h6-10,19H,11H2,1-5H3,(H,22,23)(H,24,25). The van der Waals surface area contributed by atoms with Crippen LogP contribution in [0.3, 0.4) is 0 Å². The van der Waals surface area contributed by atoms with Crippen LogP contribution in [0.25, 0.3) is 0 Å². The second-order valence-corrected chi connectivity index (χ2v) is 6.39. The van der Waals surface area contributed by atoms with Crippen molar-refractivity contribution in [3.05, 3.63) is 52.6 Å². The normalized spacial score (nSPS) is 11.5. The maximum absolute atomic E-state index is 12.5. The molecular formula is C21H25NO6. The third kappa shape index (κ3) is 4.73. The summed E-state index contributed by atoms with van der Waals surface area (Å²) in [4.78, 5) is 24.2. The second-order valence-electron chi connectivity index (χ2n) is 6.39. The van der Waals surface area contributed by atoms with Crippen LogP contribution in [0.1, 0.15) is 28.3 Å². The zero-order chi connectivity index (χ0) is 20.8. The number of carboxylic acids is 1. The molecule has 0 fully saturated rings. The number of aliphatic carboxylic acids is 1. The Bertz CT molecular complexity index is 852. The summed E-state index contributed by atoms with van der Waals surface area (Å²) in [5.41, 5.74) is 3.14. The molecule has 150 valence electrons. The quantitative estimate of drug-likeness (QED) is 0.723. The van der Waals surface area contributed by atoms with Crippen LogP contribution < -0.4 is 19.5 Å². The SMILES string of the molecule is COc1cc(CC(=O)NC(C(=O)O)c2ccc(C)c(C)c2)cc(OC)c1OC. The van der Waals surface area contributed by atoms with Crippen LogP contribution in [0, 0.1) is 13.8 Å². The van der Waals surface area contributed by atoms with E-state index >= 15 is 0 Å². The van der Waals surface area contributed by atoms with Gasteiger partial charge in [-0.15, -0.1) is 0 Å². The Morgan fingerprint density at radius 2 is 1.57 bits per heavy atom. The van der Waals surface area contributed by atoms with Crippen molar-refractivity contribution >= 4 is 11.9 Å². The van der Waals surface area contributed by atoms with Gasteiger partial charge >= 0.3 is 5.97 Å². The molecular weight excluding hydrogens is 362 g/mol. The van der Waals surface area contributed by atoms with Gasteiger partial charge in [0.05, 0.1) is 27.8 Å². The third-order valence-corrected chi connectivity index (χ3v) is 4.51. The molecule has 0 aliphatic rings. The molecule has 0 aliphatic carbocycles. The van der Waals surface area contributed by atoms with Crippen LogP contribution >= 0.6 is 0 Å². The number of benzene rings is 2. The molecule has 28 heavy (non-hydrogen) atoms. The molecule has 0 aliphatic heterocycles. The molecule has 0 heterocycles. The van der Waals surface area contributed by atoms with Gasteiger partial charge in [0.25, 0.3) is 0 Å². The first-order chi connectivity index (χ1) is 13.3. The molecule has 2 aromatic rings. The highest BCUT2D eigenvalue weighted by Gasteiger charge is 2.23. The third-order valence-electron chi connectivity index (χ3n) is 4.51. The summed E-state index contributed by atoms with van der Waals surface area (Å²) >= 11 is 0. The fraction of sp³-hybridized carbons (Fsp3) is 0.333. The van der Waals surface area contributed by atoms with Gasteiger partial charge in [-0.1, -0.05) is 18.2 Å². The van der Waals surface area contributed by atoms with Gasteiger partial charge in [0.15, 0.2) is 17.5 Å². The van der Waals surface area contributed by atoms with Crippen LogP contribution in [0.2, 0.25) is 0 Å². The molecule has 0 bridgehead atoms. The van der Waals surface area contributed by atoms with Gasteiger partial charge in [0.1, 0.15) is 0 Å². The van der Waals surface area contributed by atoms with Crippen molar-refractivity contribution in [3.63, 3.8) is 0 Å². The van der Waals surface area contributed by atoms with E-state index in [0.717, 1.165) is 11.1 Å². The van der Waals surface area contributed by atoms with E-state index in [9.17, 15) is 14.7 Å². The first kappa shape index (κ1) is 21.1. The van der Waals surface area contributed by atoms with Gasteiger partial charge in [0, 0.05) is 0 Å². The van der Waals surface area contributed by atoms with Crippen molar-refractivity contribution in [2.75, 3.05) is 21.3 Å². The molecule has 7 heteroatoms. The largest absolute Gasteiger partial charge is 0.493 e. The maximum atomic E-state index is 12.5. The number of nitrogens with one attached hydrogen (secondary N) is 1. The van der Waals surface area contributed by atoms with E-state index in [1.807, 2.05) is 19.9 Å². The molecule has 0 saturated heterocycles. The number of amides is 1. The minimum absolute atomic E-state index is 0.0364. The van der Waals surface area contributed by atoms with E-state index in [2.05, 4.69) is 5.32 Å². The van der Waals surface area contributed by atoms with E-state index in [-0.39, 0.29) is 6.42 Å². The average molecular weight is 387 g/mol. The Hall–Kier alpha value is -3.22. The summed E-state index contributed by atoms with van der Waals surface area (Å²) in [6.45, 7) is 3.84. The van der Waals surface area contributed by atoms with Crippen molar-refractivity contribution in [3.8, 4) is 17.2 Å². The van der Waals surface area contributed by atoms with Crippen LogP contribution in [0.4, 0.5) is 0 Å². The van der Waals surface area contributed by atoms with E-state index in [1.165, 1.54) is 21.3 Å². The number of hydrogen-bond acceptors (Lipinski definition) is 5. The van der Waals surface area contributed by atoms with Crippen molar-refractivity contribution in [1.29, 1.82) is 0 Å². The molecule has 1 amide bonds. The number of aryl methyl sites for hydroxylation is 2. The lowest BCUT2D eigenvalue weighted by atomic mass is 10.0. The molecule has 0 aromatic heterocycles. The van der Waals surface area contributed by atoms with Crippen LogP contribution in [-0.4, -0.2) is 38.3 Å². The van der Waals surface area contributed by atoms with Crippen molar-refractivity contribution in [2.45, 2.75) is 26.3 Å². The fourth-order valence-corrected chi connectivity index (χ4v) is 2.87. The first-order valence-corrected chi connectivity index (χ1v) is 8.68. The molecule has 2 rings (SSSR count). The molecule has 0 saturated carbocycles. The summed E-state index contributed by atoms with van der Waals surface area (Å²) in [7, 11) is 4.47. The predicted octanol–water partition coefficient (Wildman–Crippen LogP) is 2.81.